The van der Waals surface area contributed by atoms with Crippen molar-refractivity contribution in [3.05, 3.63) is 42.0 Å². The van der Waals surface area contributed by atoms with Crippen LogP contribution in [0.25, 0.3) is 0 Å². The smallest absolute Gasteiger partial charge is 0.407 e. The van der Waals surface area contributed by atoms with Gasteiger partial charge in [0.25, 0.3) is 17.7 Å². The van der Waals surface area contributed by atoms with Gasteiger partial charge in [0.15, 0.2) is 0 Å². The molecule has 1 saturated carbocycles. The Kier molecular flexibility index (Phi) is 13.7. The van der Waals surface area contributed by atoms with Gasteiger partial charge < -0.3 is 34.3 Å². The van der Waals surface area contributed by atoms with Crippen LogP contribution >= 0.6 is 0 Å². The minimum Gasteiger partial charge on any atom is -0.449 e. The van der Waals surface area contributed by atoms with Gasteiger partial charge in [-0.15, -0.1) is 11.8 Å². The molecule has 1 aromatic carbocycles. The van der Waals surface area contributed by atoms with Gasteiger partial charge in [0.1, 0.15) is 0 Å². The standard InChI is InChI=1S/C32H41N3O9/c36-29-10-11-30(37)35(29)25-7-5-6-24(22-25)31(38)33-12-14-40-16-18-42-20-21-43-19-17-41-15-13-34-32(39)44-23-28-26-8-3-1-2-4-9-27(26)28/h5-7,10-11,22,26-28H,3-4,8-9,12-21,23H2,(H,33,38)(H,34,39)/t26-,27+,28?. The van der Waals surface area contributed by atoms with Crippen LogP contribution in [-0.2, 0) is 33.3 Å². The summed E-state index contributed by atoms with van der Waals surface area (Å²) in [5, 5.41) is 5.46. The molecular weight excluding hydrogens is 570 g/mol. The molecule has 12 nitrogen and oxygen atoms in total. The minimum atomic E-state index is -0.438. The van der Waals surface area contributed by atoms with Crippen molar-refractivity contribution in [1.82, 2.24) is 10.6 Å². The highest BCUT2D eigenvalue weighted by Crippen LogP contribution is 2.52. The monoisotopic (exact) mass is 611 g/mol. The van der Waals surface area contributed by atoms with Gasteiger partial charge in [-0.05, 0) is 48.8 Å². The van der Waals surface area contributed by atoms with Crippen molar-refractivity contribution in [2.75, 3.05) is 77.5 Å². The second-order valence-electron chi connectivity index (χ2n) is 10.5. The minimum absolute atomic E-state index is 0.295. The largest absolute Gasteiger partial charge is 0.449 e. The Morgan fingerprint density at radius 2 is 1.32 bits per heavy atom. The number of rotatable bonds is 19. The van der Waals surface area contributed by atoms with E-state index in [0.717, 1.165) is 30.6 Å². The maximum absolute atomic E-state index is 12.4. The SMILES string of the molecule is O=C(NCCOCCOCCOCCOCCNC(=O)c1cccc(N2C(=O)C=CC2=O)c1)OCC1[C@H]2CCC#CCC[C@@H]12. The lowest BCUT2D eigenvalue weighted by atomic mass is 10.1. The number of imide groups is 1. The maximum atomic E-state index is 12.4. The van der Waals surface area contributed by atoms with E-state index in [0.29, 0.717) is 102 Å². The zero-order valence-electron chi connectivity index (χ0n) is 24.9. The molecule has 0 radical (unpaired) electrons. The van der Waals surface area contributed by atoms with Crippen LogP contribution in [0, 0.1) is 29.6 Å². The first-order valence-electron chi connectivity index (χ1n) is 15.2. The number of carbonyl (C=O) groups excluding carboxylic acids is 4. The van der Waals surface area contributed by atoms with Gasteiger partial charge in [0.05, 0.1) is 65.1 Å². The maximum Gasteiger partial charge on any atom is 0.407 e. The zero-order chi connectivity index (χ0) is 31.0. The number of ether oxygens (including phenoxy) is 5. The van der Waals surface area contributed by atoms with E-state index in [-0.39, 0.29) is 5.91 Å². The van der Waals surface area contributed by atoms with E-state index < -0.39 is 17.9 Å². The first-order valence-corrected chi connectivity index (χ1v) is 15.2. The van der Waals surface area contributed by atoms with Crippen molar-refractivity contribution in [3.63, 3.8) is 0 Å². The molecule has 12 heteroatoms. The lowest BCUT2D eigenvalue weighted by Crippen LogP contribution is -2.30. The summed E-state index contributed by atoms with van der Waals surface area (Å²) >= 11 is 0. The van der Waals surface area contributed by atoms with Gasteiger partial charge in [-0.3, -0.25) is 14.4 Å². The third kappa shape index (κ3) is 10.7. The van der Waals surface area contributed by atoms with E-state index >= 15 is 0 Å². The summed E-state index contributed by atoms with van der Waals surface area (Å²) in [6.07, 6.45) is 6.11. The predicted molar refractivity (Wildman–Crippen MR) is 160 cm³/mol. The fourth-order valence-corrected chi connectivity index (χ4v) is 5.27. The van der Waals surface area contributed by atoms with Crippen molar-refractivity contribution in [3.8, 4) is 11.8 Å². The predicted octanol–water partition coefficient (Wildman–Crippen LogP) is 2.08. The fourth-order valence-electron chi connectivity index (χ4n) is 5.27. The quantitative estimate of drug-likeness (QED) is 0.137. The Labute approximate surface area is 257 Å². The Bertz CT molecular complexity index is 1190. The second-order valence-corrected chi connectivity index (χ2v) is 10.5. The van der Waals surface area contributed by atoms with E-state index in [9.17, 15) is 19.2 Å². The van der Waals surface area contributed by atoms with Crippen molar-refractivity contribution < 1.29 is 42.9 Å². The molecule has 2 N–H and O–H groups in total. The van der Waals surface area contributed by atoms with Crippen LogP contribution in [0.15, 0.2) is 36.4 Å². The molecule has 2 aliphatic carbocycles. The Morgan fingerprint density at radius 3 is 1.91 bits per heavy atom. The van der Waals surface area contributed by atoms with Crippen molar-refractivity contribution in [2.45, 2.75) is 25.7 Å². The van der Waals surface area contributed by atoms with Crippen LogP contribution in [0.5, 0.6) is 0 Å². The Morgan fingerprint density at radius 1 is 0.773 bits per heavy atom. The summed E-state index contributed by atoms with van der Waals surface area (Å²) in [6, 6.07) is 6.32. The van der Waals surface area contributed by atoms with Gasteiger partial charge in [-0.25, -0.2) is 9.69 Å². The van der Waals surface area contributed by atoms with Gasteiger partial charge >= 0.3 is 6.09 Å². The zero-order valence-corrected chi connectivity index (χ0v) is 24.9. The molecule has 3 atom stereocenters. The summed E-state index contributed by atoms with van der Waals surface area (Å²) in [5.74, 6) is 6.97. The average molecular weight is 612 g/mol. The lowest BCUT2D eigenvalue weighted by molar-refractivity contribution is -0.120. The summed E-state index contributed by atoms with van der Waals surface area (Å²) in [7, 11) is 0. The molecule has 4 amide bonds. The Hall–Kier alpha value is -3.76. The normalized spacial score (nSPS) is 20.3. The van der Waals surface area contributed by atoms with Crippen LogP contribution in [0.3, 0.4) is 0 Å². The van der Waals surface area contributed by atoms with Gasteiger partial charge in [0.2, 0.25) is 0 Å². The van der Waals surface area contributed by atoms with Crippen molar-refractivity contribution in [2.24, 2.45) is 17.8 Å². The molecule has 4 rings (SSSR count). The van der Waals surface area contributed by atoms with Crippen LogP contribution in [0.4, 0.5) is 10.5 Å². The summed E-state index contributed by atoms with van der Waals surface area (Å²) in [4.78, 5) is 49.0. The van der Waals surface area contributed by atoms with Gasteiger partial charge in [-0.2, -0.15) is 0 Å². The number of amides is 4. The molecule has 1 fully saturated rings. The van der Waals surface area contributed by atoms with Gasteiger partial charge in [-0.1, -0.05) is 6.07 Å². The van der Waals surface area contributed by atoms with Crippen molar-refractivity contribution >= 4 is 29.5 Å². The lowest BCUT2D eigenvalue weighted by Gasteiger charge is -2.14. The third-order valence-corrected chi connectivity index (χ3v) is 7.59. The molecule has 1 aromatic rings. The number of anilines is 1. The van der Waals surface area contributed by atoms with Crippen LogP contribution in [-0.4, -0.2) is 96.4 Å². The molecule has 1 unspecified atom stereocenters. The molecule has 1 heterocycles. The Balaban J connectivity index is 0.890. The summed E-state index contributed by atoms with van der Waals surface area (Å²) < 4.78 is 27.2. The first kappa shape index (κ1) is 33.1. The van der Waals surface area contributed by atoms with E-state index in [4.69, 9.17) is 23.7 Å². The molecule has 1 aliphatic heterocycles. The van der Waals surface area contributed by atoms with Gasteiger partial charge in [0, 0.05) is 43.6 Å². The van der Waals surface area contributed by atoms with E-state index in [1.807, 2.05) is 0 Å². The molecular formula is C32H41N3O9. The number of benzene rings is 1. The molecule has 0 spiro atoms. The third-order valence-electron chi connectivity index (χ3n) is 7.59. The highest BCUT2D eigenvalue weighted by molar-refractivity contribution is 6.28. The van der Waals surface area contributed by atoms with Crippen LogP contribution in [0.1, 0.15) is 36.0 Å². The number of fused-ring (bicyclic) bond motifs is 1. The van der Waals surface area contributed by atoms with Crippen LogP contribution in [0.2, 0.25) is 0 Å². The topological polar surface area (TPSA) is 142 Å². The van der Waals surface area contributed by atoms with E-state index in [2.05, 4.69) is 22.5 Å². The number of nitrogens with zero attached hydrogens (tertiary/aromatic N) is 1. The molecule has 0 saturated heterocycles. The average Bonchev–Trinajstić information content (AvgIpc) is 3.53. The number of carbonyl (C=O) groups is 4. The fraction of sp³-hybridized carbons (Fsp3) is 0.562. The van der Waals surface area contributed by atoms with Crippen molar-refractivity contribution in [1.29, 1.82) is 0 Å². The van der Waals surface area contributed by atoms with E-state index in [1.54, 1.807) is 18.2 Å². The molecule has 3 aliphatic rings. The highest BCUT2D eigenvalue weighted by Gasteiger charge is 2.49. The number of hydrogen-bond donors (Lipinski definition) is 2. The molecule has 0 aromatic heterocycles. The van der Waals surface area contributed by atoms with Crippen LogP contribution < -0.4 is 15.5 Å². The number of alkyl carbamates (subject to hydrolysis) is 1. The number of nitrogens with one attached hydrogen (secondary N) is 2. The van der Waals surface area contributed by atoms with E-state index in [1.165, 1.54) is 18.2 Å². The second kappa shape index (κ2) is 18.1. The first-order chi connectivity index (χ1) is 21.5. The number of hydrogen-bond acceptors (Lipinski definition) is 9. The molecule has 238 valence electrons. The molecule has 44 heavy (non-hydrogen) atoms. The summed E-state index contributed by atoms with van der Waals surface area (Å²) in [5.41, 5.74) is 0.681. The highest BCUT2D eigenvalue weighted by atomic mass is 16.6. The molecule has 0 bridgehead atoms. The summed E-state index contributed by atoms with van der Waals surface area (Å²) in [6.45, 7) is 4.26.